The third-order valence-corrected chi connectivity index (χ3v) is 6.90. The summed E-state index contributed by atoms with van der Waals surface area (Å²) < 4.78 is 67.0. The van der Waals surface area contributed by atoms with E-state index in [2.05, 4.69) is 5.32 Å². The van der Waals surface area contributed by atoms with Gasteiger partial charge in [0.15, 0.2) is 0 Å². The Bertz CT molecular complexity index is 1180. The molecule has 0 bridgehead atoms. The number of nitrogens with one attached hydrogen (secondary N) is 1. The zero-order valence-electron chi connectivity index (χ0n) is 16.0. The third-order valence-electron chi connectivity index (χ3n) is 5.03. The van der Waals surface area contributed by atoms with Gasteiger partial charge in [-0.1, -0.05) is 54.1 Å². The standard InChI is InChI=1S/C22H19F3N2O2S/c1-15-5-4-6-16(13-15)14-27-21(17-9-11-18(12-10-17)22(23,24)25)26-19-7-2-3-8-20(19)30(27,28)29/h2-13,21,26H,14H2,1H3. The number of rotatable bonds is 3. The maximum Gasteiger partial charge on any atom is 0.416 e. The van der Waals surface area contributed by atoms with Crippen LogP contribution in [0.3, 0.4) is 0 Å². The fraction of sp³-hybridized carbons (Fsp3) is 0.182. The summed E-state index contributed by atoms with van der Waals surface area (Å²) in [6.45, 7) is 1.99. The van der Waals surface area contributed by atoms with Gasteiger partial charge in [-0.25, -0.2) is 8.42 Å². The van der Waals surface area contributed by atoms with E-state index in [1.54, 1.807) is 18.2 Å². The summed E-state index contributed by atoms with van der Waals surface area (Å²) in [4.78, 5) is 0.140. The van der Waals surface area contributed by atoms with Crippen LogP contribution in [0.25, 0.3) is 0 Å². The molecule has 3 aromatic carbocycles. The molecule has 0 spiro atoms. The summed E-state index contributed by atoms with van der Waals surface area (Å²) >= 11 is 0. The van der Waals surface area contributed by atoms with Crippen LogP contribution in [0.15, 0.2) is 77.7 Å². The van der Waals surface area contributed by atoms with Crippen molar-refractivity contribution in [3.63, 3.8) is 0 Å². The zero-order chi connectivity index (χ0) is 21.5. The molecule has 4 rings (SSSR count). The number of hydrogen-bond acceptors (Lipinski definition) is 3. The van der Waals surface area contributed by atoms with Crippen molar-refractivity contribution in [1.82, 2.24) is 4.31 Å². The number of nitrogens with zero attached hydrogens (tertiary/aromatic N) is 1. The van der Waals surface area contributed by atoms with Crippen molar-refractivity contribution in [2.24, 2.45) is 0 Å². The highest BCUT2D eigenvalue weighted by atomic mass is 32.2. The van der Waals surface area contributed by atoms with E-state index in [0.29, 0.717) is 11.3 Å². The minimum Gasteiger partial charge on any atom is -0.364 e. The third kappa shape index (κ3) is 3.80. The Morgan fingerprint density at radius 2 is 1.67 bits per heavy atom. The molecule has 30 heavy (non-hydrogen) atoms. The maximum atomic E-state index is 13.4. The molecule has 4 nitrogen and oxygen atoms in total. The van der Waals surface area contributed by atoms with Crippen LogP contribution in [0.5, 0.6) is 0 Å². The van der Waals surface area contributed by atoms with Crippen molar-refractivity contribution < 1.29 is 21.6 Å². The van der Waals surface area contributed by atoms with Crippen molar-refractivity contribution in [2.75, 3.05) is 5.32 Å². The van der Waals surface area contributed by atoms with E-state index in [0.717, 1.165) is 23.3 Å². The summed E-state index contributed by atoms with van der Waals surface area (Å²) in [6, 6.07) is 18.5. The Morgan fingerprint density at radius 1 is 0.967 bits per heavy atom. The Morgan fingerprint density at radius 3 is 2.33 bits per heavy atom. The minimum atomic E-state index is -4.46. The second-order valence-electron chi connectivity index (χ2n) is 7.20. The molecule has 1 aliphatic rings. The number of benzene rings is 3. The molecule has 1 heterocycles. The second kappa shape index (κ2) is 7.45. The first-order valence-corrected chi connectivity index (χ1v) is 10.7. The fourth-order valence-corrected chi connectivity index (χ4v) is 5.24. The largest absolute Gasteiger partial charge is 0.416 e. The van der Waals surface area contributed by atoms with Crippen LogP contribution in [-0.4, -0.2) is 12.7 Å². The molecule has 0 fully saturated rings. The molecule has 1 N–H and O–H groups in total. The first kappa shape index (κ1) is 20.4. The van der Waals surface area contributed by atoms with Gasteiger partial charge in [-0.05, 0) is 42.3 Å². The highest BCUT2D eigenvalue weighted by Gasteiger charge is 2.39. The van der Waals surface area contributed by atoms with E-state index >= 15 is 0 Å². The van der Waals surface area contributed by atoms with Gasteiger partial charge in [0.25, 0.3) is 0 Å². The smallest absolute Gasteiger partial charge is 0.364 e. The van der Waals surface area contributed by atoms with Gasteiger partial charge in [0.2, 0.25) is 10.0 Å². The molecule has 0 aromatic heterocycles. The molecule has 1 atom stereocenters. The van der Waals surface area contributed by atoms with Crippen LogP contribution in [0.2, 0.25) is 0 Å². The highest BCUT2D eigenvalue weighted by Crippen LogP contribution is 2.40. The lowest BCUT2D eigenvalue weighted by atomic mass is 10.1. The zero-order valence-corrected chi connectivity index (χ0v) is 16.8. The van der Waals surface area contributed by atoms with E-state index in [9.17, 15) is 21.6 Å². The lowest BCUT2D eigenvalue weighted by molar-refractivity contribution is -0.137. The Balaban J connectivity index is 1.80. The van der Waals surface area contributed by atoms with Crippen molar-refractivity contribution in [3.05, 3.63) is 95.1 Å². The lowest BCUT2D eigenvalue weighted by Gasteiger charge is -2.37. The summed E-state index contributed by atoms with van der Waals surface area (Å²) in [5.41, 5.74) is 1.84. The molecular formula is C22H19F3N2O2S. The lowest BCUT2D eigenvalue weighted by Crippen LogP contribution is -2.42. The average Bonchev–Trinajstić information content (AvgIpc) is 2.70. The highest BCUT2D eigenvalue weighted by molar-refractivity contribution is 7.89. The summed E-state index contributed by atoms with van der Waals surface area (Å²) in [5.74, 6) is 0. The van der Waals surface area contributed by atoms with Crippen LogP contribution in [0, 0.1) is 6.92 Å². The van der Waals surface area contributed by atoms with Gasteiger partial charge in [-0.2, -0.15) is 17.5 Å². The van der Waals surface area contributed by atoms with Gasteiger partial charge < -0.3 is 5.32 Å². The van der Waals surface area contributed by atoms with Gasteiger partial charge >= 0.3 is 6.18 Å². The quantitative estimate of drug-likeness (QED) is 0.609. The van der Waals surface area contributed by atoms with Crippen molar-refractivity contribution in [1.29, 1.82) is 0 Å². The van der Waals surface area contributed by atoms with E-state index in [1.807, 2.05) is 31.2 Å². The number of aryl methyl sites for hydroxylation is 1. The number of fused-ring (bicyclic) bond motifs is 1. The maximum absolute atomic E-state index is 13.4. The first-order valence-electron chi connectivity index (χ1n) is 9.26. The van der Waals surface area contributed by atoms with Crippen LogP contribution in [-0.2, 0) is 22.7 Å². The average molecular weight is 432 g/mol. The minimum absolute atomic E-state index is 0.0804. The molecule has 0 amide bonds. The SMILES string of the molecule is Cc1cccc(CN2C(c3ccc(C(F)(F)F)cc3)Nc3ccccc3S2(=O)=O)c1. The van der Waals surface area contributed by atoms with Crippen LogP contribution < -0.4 is 5.32 Å². The van der Waals surface area contributed by atoms with Crippen molar-refractivity contribution >= 4 is 15.7 Å². The molecule has 1 aliphatic heterocycles. The second-order valence-corrected chi connectivity index (χ2v) is 9.06. The van der Waals surface area contributed by atoms with Gasteiger partial charge in [-0.3, -0.25) is 0 Å². The van der Waals surface area contributed by atoms with Gasteiger partial charge in [0.05, 0.1) is 11.3 Å². The van der Waals surface area contributed by atoms with E-state index in [-0.39, 0.29) is 11.4 Å². The number of anilines is 1. The topological polar surface area (TPSA) is 49.4 Å². The number of sulfonamides is 1. The van der Waals surface area contributed by atoms with Crippen molar-refractivity contribution in [2.45, 2.75) is 30.7 Å². The molecule has 156 valence electrons. The predicted molar refractivity (Wildman–Crippen MR) is 108 cm³/mol. The Hall–Kier alpha value is -2.84. The fourth-order valence-electron chi connectivity index (χ4n) is 3.57. The summed E-state index contributed by atoms with van der Waals surface area (Å²) in [6.07, 6.45) is -5.30. The molecule has 0 radical (unpaired) electrons. The molecule has 8 heteroatoms. The molecule has 1 unspecified atom stereocenters. The molecule has 3 aromatic rings. The Kier molecular flexibility index (Phi) is 5.07. The first-order chi connectivity index (χ1) is 14.2. The number of para-hydroxylation sites is 1. The van der Waals surface area contributed by atoms with E-state index in [1.165, 1.54) is 22.5 Å². The summed E-state index contributed by atoms with van der Waals surface area (Å²) in [5, 5.41) is 3.18. The number of halogens is 3. The molecule has 0 saturated heterocycles. The summed E-state index contributed by atoms with van der Waals surface area (Å²) in [7, 11) is -3.88. The predicted octanol–water partition coefficient (Wildman–Crippen LogP) is 5.33. The molecule has 0 saturated carbocycles. The Labute approximate surface area is 173 Å². The van der Waals surface area contributed by atoms with Crippen LogP contribution >= 0.6 is 0 Å². The van der Waals surface area contributed by atoms with E-state index in [4.69, 9.17) is 0 Å². The molecule has 0 aliphatic carbocycles. The van der Waals surface area contributed by atoms with Crippen LogP contribution in [0.4, 0.5) is 18.9 Å². The van der Waals surface area contributed by atoms with Gasteiger partial charge in [0.1, 0.15) is 11.1 Å². The normalized spacial score (nSPS) is 18.5. The monoisotopic (exact) mass is 432 g/mol. The van der Waals surface area contributed by atoms with Crippen molar-refractivity contribution in [3.8, 4) is 0 Å². The molecular weight excluding hydrogens is 413 g/mol. The van der Waals surface area contributed by atoms with E-state index < -0.39 is 27.9 Å². The van der Waals surface area contributed by atoms with Gasteiger partial charge in [-0.15, -0.1) is 0 Å². The number of hydrogen-bond donors (Lipinski definition) is 1. The van der Waals surface area contributed by atoms with Crippen LogP contribution in [0.1, 0.15) is 28.4 Å². The van der Waals surface area contributed by atoms with Gasteiger partial charge in [0, 0.05) is 6.54 Å². The number of alkyl halides is 3.